The lowest BCUT2D eigenvalue weighted by molar-refractivity contribution is 0.00578. The zero-order valence-electron chi connectivity index (χ0n) is 12.0. The van der Waals surface area contributed by atoms with Crippen LogP contribution in [0, 0.1) is 0 Å². The van der Waals surface area contributed by atoms with Crippen molar-refractivity contribution in [2.75, 3.05) is 0 Å². The highest BCUT2D eigenvalue weighted by Crippen LogP contribution is 2.36. The molecule has 3 rings (SSSR count). The first-order chi connectivity index (χ1) is 9.39. The number of nitrogens with zero attached hydrogens (tertiary/aromatic N) is 3. The van der Waals surface area contributed by atoms with Crippen molar-refractivity contribution in [2.45, 2.75) is 38.9 Å². The third-order valence-corrected chi connectivity index (χ3v) is 3.79. The van der Waals surface area contributed by atoms with Gasteiger partial charge in [0.05, 0.1) is 23.6 Å². The Morgan fingerprint density at radius 2 is 1.65 bits per heavy atom. The Hall–Kier alpha value is -1.73. The molecule has 6 nitrogen and oxygen atoms in total. The molecule has 0 aromatic carbocycles. The van der Waals surface area contributed by atoms with Crippen LogP contribution in [0.3, 0.4) is 0 Å². The van der Waals surface area contributed by atoms with Crippen molar-refractivity contribution in [3.63, 3.8) is 0 Å². The molecule has 7 heteroatoms. The summed E-state index contributed by atoms with van der Waals surface area (Å²) in [6.45, 7) is 7.97. The smallest absolute Gasteiger partial charge is 0.444 e. The first-order valence-corrected chi connectivity index (χ1v) is 6.47. The van der Waals surface area contributed by atoms with Gasteiger partial charge in [0.15, 0.2) is 5.66 Å². The topological polar surface area (TPSA) is 70.3 Å². The summed E-state index contributed by atoms with van der Waals surface area (Å²) in [6.07, 6.45) is 6.39. The molecule has 1 saturated heterocycles. The van der Waals surface area contributed by atoms with Crippen molar-refractivity contribution in [3.8, 4) is 11.6 Å². The summed E-state index contributed by atoms with van der Waals surface area (Å²) in [7, 11) is -0.557. The minimum absolute atomic E-state index is 0.405. The van der Waals surface area contributed by atoms with Crippen LogP contribution in [0.4, 0.5) is 0 Å². The second kappa shape index (κ2) is 4.39. The molecule has 20 heavy (non-hydrogen) atoms. The molecule has 1 aliphatic heterocycles. The second-order valence-electron chi connectivity index (χ2n) is 5.75. The van der Waals surface area contributed by atoms with E-state index in [2.05, 4.69) is 15.0 Å². The first-order valence-electron chi connectivity index (χ1n) is 6.47. The molecule has 2 aromatic rings. The molecule has 0 unspecified atom stereocenters. The van der Waals surface area contributed by atoms with E-state index >= 15 is 0 Å². The largest absolute Gasteiger partial charge is 0.534 e. The number of hydrogen-bond donors (Lipinski definition) is 0. The fraction of sp³-hybridized carbons (Fsp3) is 0.462. The quantitative estimate of drug-likeness (QED) is 0.771. The molecule has 0 amide bonds. The molecule has 1 fully saturated rings. The number of aromatic nitrogens is 3. The van der Waals surface area contributed by atoms with E-state index in [0.717, 1.165) is 0 Å². The molecule has 0 aliphatic carbocycles. The van der Waals surface area contributed by atoms with Crippen molar-refractivity contribution < 1.29 is 13.7 Å². The van der Waals surface area contributed by atoms with Crippen LogP contribution >= 0.6 is 0 Å². The van der Waals surface area contributed by atoms with E-state index in [1.54, 1.807) is 24.8 Å². The van der Waals surface area contributed by atoms with Crippen molar-refractivity contribution in [1.29, 1.82) is 0 Å². The van der Waals surface area contributed by atoms with Crippen LogP contribution in [0.1, 0.15) is 27.7 Å². The highest BCUT2D eigenvalue weighted by atomic mass is 16.7. The Kier molecular flexibility index (Phi) is 2.91. The van der Waals surface area contributed by atoms with Gasteiger partial charge in [-0.25, -0.2) is 9.97 Å². The van der Waals surface area contributed by atoms with E-state index in [1.165, 1.54) is 0 Å². The Labute approximate surface area is 117 Å². The van der Waals surface area contributed by atoms with Crippen LogP contribution in [-0.2, 0) is 9.31 Å². The summed E-state index contributed by atoms with van der Waals surface area (Å²) in [5, 5.41) is 0. The predicted molar refractivity (Wildman–Crippen MR) is 73.2 cm³/mol. The summed E-state index contributed by atoms with van der Waals surface area (Å²) in [4.78, 5) is 12.3. The summed E-state index contributed by atoms with van der Waals surface area (Å²) < 4.78 is 17.5. The van der Waals surface area contributed by atoms with Crippen LogP contribution < -0.4 is 5.66 Å². The van der Waals surface area contributed by atoms with Gasteiger partial charge in [-0.1, -0.05) is 0 Å². The van der Waals surface area contributed by atoms with E-state index in [9.17, 15) is 0 Å². The van der Waals surface area contributed by atoms with Gasteiger partial charge in [-0.05, 0) is 27.7 Å². The minimum atomic E-state index is -0.557. The van der Waals surface area contributed by atoms with Gasteiger partial charge in [0.1, 0.15) is 5.69 Å². The lowest BCUT2D eigenvalue weighted by Crippen LogP contribution is -2.41. The SMILES string of the molecule is CC1(C)OB(c2cnc(-c3cnccn3)o2)OC1(C)C. The van der Waals surface area contributed by atoms with E-state index in [0.29, 0.717) is 17.2 Å². The average Bonchev–Trinajstić information content (AvgIpc) is 2.94. The van der Waals surface area contributed by atoms with Gasteiger partial charge >= 0.3 is 7.12 Å². The van der Waals surface area contributed by atoms with Gasteiger partial charge in [-0.15, -0.1) is 0 Å². The molecule has 104 valence electrons. The first kappa shape index (κ1) is 13.3. The van der Waals surface area contributed by atoms with Crippen LogP contribution in [0.15, 0.2) is 29.2 Å². The average molecular weight is 273 g/mol. The van der Waals surface area contributed by atoms with Gasteiger partial charge in [-0.2, -0.15) is 0 Å². The molecule has 0 bridgehead atoms. The lowest BCUT2D eigenvalue weighted by atomic mass is 9.87. The molecule has 3 heterocycles. The normalized spacial score (nSPS) is 20.3. The Bertz CT molecular complexity index is 596. The van der Waals surface area contributed by atoms with Gasteiger partial charge in [0, 0.05) is 12.4 Å². The highest BCUT2D eigenvalue weighted by molar-refractivity contribution is 6.60. The lowest BCUT2D eigenvalue weighted by Gasteiger charge is -2.32. The standard InChI is InChI=1S/C13H16BN3O3/c1-12(2)13(3,4)20-14(19-12)10-8-17-11(18-10)9-7-15-5-6-16-9/h5-8H,1-4H3. The summed E-state index contributed by atoms with van der Waals surface area (Å²) in [6, 6.07) is 0. The highest BCUT2D eigenvalue weighted by Gasteiger charge is 2.53. The van der Waals surface area contributed by atoms with E-state index < -0.39 is 18.3 Å². The molecular formula is C13H16BN3O3. The van der Waals surface area contributed by atoms with Gasteiger partial charge in [0.2, 0.25) is 5.89 Å². The maximum atomic E-state index is 5.91. The monoisotopic (exact) mass is 273 g/mol. The summed E-state index contributed by atoms with van der Waals surface area (Å²) in [5.41, 5.74) is 0.300. The van der Waals surface area contributed by atoms with Crippen molar-refractivity contribution >= 4 is 12.8 Å². The third-order valence-electron chi connectivity index (χ3n) is 3.79. The predicted octanol–water partition coefficient (Wildman–Crippen LogP) is 1.43. The summed E-state index contributed by atoms with van der Waals surface area (Å²) in [5.74, 6) is 0.405. The van der Waals surface area contributed by atoms with Crippen LogP contribution in [0.2, 0.25) is 0 Å². The fourth-order valence-corrected chi connectivity index (χ4v) is 1.88. The van der Waals surface area contributed by atoms with Crippen molar-refractivity contribution in [1.82, 2.24) is 15.0 Å². The third kappa shape index (κ3) is 2.12. The zero-order valence-corrected chi connectivity index (χ0v) is 12.0. The second-order valence-corrected chi connectivity index (χ2v) is 5.75. The maximum Gasteiger partial charge on any atom is 0.534 e. The Balaban J connectivity index is 1.86. The van der Waals surface area contributed by atoms with Crippen LogP contribution in [-0.4, -0.2) is 33.3 Å². The van der Waals surface area contributed by atoms with Crippen molar-refractivity contribution in [2.24, 2.45) is 0 Å². The maximum absolute atomic E-state index is 5.91. The molecule has 0 N–H and O–H groups in total. The van der Waals surface area contributed by atoms with E-state index in [1.807, 2.05) is 27.7 Å². The number of rotatable bonds is 2. The molecular weight excluding hydrogens is 257 g/mol. The molecule has 0 atom stereocenters. The molecule has 0 spiro atoms. The molecule has 2 aromatic heterocycles. The van der Waals surface area contributed by atoms with Gasteiger partial charge in [0.25, 0.3) is 0 Å². The summed E-state index contributed by atoms with van der Waals surface area (Å²) >= 11 is 0. The fourth-order valence-electron chi connectivity index (χ4n) is 1.88. The van der Waals surface area contributed by atoms with Gasteiger partial charge in [-0.3, -0.25) is 4.98 Å². The van der Waals surface area contributed by atoms with E-state index in [-0.39, 0.29) is 0 Å². The molecule has 1 aliphatic rings. The number of oxazole rings is 1. The van der Waals surface area contributed by atoms with Crippen LogP contribution in [0.25, 0.3) is 11.6 Å². The Morgan fingerprint density at radius 1 is 0.950 bits per heavy atom. The minimum Gasteiger partial charge on any atom is -0.444 e. The van der Waals surface area contributed by atoms with Crippen molar-refractivity contribution in [3.05, 3.63) is 24.8 Å². The molecule has 0 radical (unpaired) electrons. The number of hydrogen-bond acceptors (Lipinski definition) is 6. The Morgan fingerprint density at radius 3 is 2.25 bits per heavy atom. The van der Waals surface area contributed by atoms with Gasteiger partial charge < -0.3 is 13.7 Å². The van der Waals surface area contributed by atoms with E-state index in [4.69, 9.17) is 13.7 Å². The van der Waals surface area contributed by atoms with Crippen LogP contribution in [0.5, 0.6) is 0 Å². The zero-order chi connectivity index (χ0) is 14.4. The molecule has 0 saturated carbocycles.